The third-order valence-electron chi connectivity index (χ3n) is 4.12. The molecule has 1 heterocycles. The Balaban J connectivity index is 1.90. The molecule has 4 heteroatoms. The number of hydrogen-bond donors (Lipinski definition) is 0. The molecule has 1 unspecified atom stereocenters. The Morgan fingerprint density at radius 2 is 2.15 bits per heavy atom. The number of benzene rings is 1. The van der Waals surface area contributed by atoms with Crippen LogP contribution in [0.1, 0.15) is 35.2 Å². The first kappa shape index (κ1) is 12.9. The smallest absolute Gasteiger partial charge is 0.255 e. The van der Waals surface area contributed by atoms with Crippen LogP contribution >= 0.6 is 0 Å². The first-order valence-corrected chi connectivity index (χ1v) is 6.78. The molecule has 4 nitrogen and oxygen atoms in total. The monoisotopic (exact) mass is 271 g/mol. The van der Waals surface area contributed by atoms with Gasteiger partial charge in [0, 0.05) is 17.5 Å². The number of methoxy groups -OCH3 is 1. The normalized spacial score (nSPS) is 22.1. The van der Waals surface area contributed by atoms with E-state index in [1.54, 1.807) is 18.1 Å². The molecule has 0 aromatic heterocycles. The highest BCUT2D eigenvalue weighted by molar-refractivity contribution is 6.02. The molecule has 20 heavy (non-hydrogen) atoms. The lowest BCUT2D eigenvalue weighted by atomic mass is 9.90. The largest absolute Gasteiger partial charge is 0.496 e. The number of carbonyl (C=O) groups is 2. The summed E-state index contributed by atoms with van der Waals surface area (Å²) in [5.74, 6) is 0.747. The molecule has 1 amide bonds. The van der Waals surface area contributed by atoms with Crippen LogP contribution in [0, 0.1) is 0 Å². The van der Waals surface area contributed by atoms with E-state index in [4.69, 9.17) is 4.74 Å². The van der Waals surface area contributed by atoms with E-state index in [9.17, 15) is 9.59 Å². The van der Waals surface area contributed by atoms with Crippen LogP contribution in [0.5, 0.6) is 5.75 Å². The van der Waals surface area contributed by atoms with E-state index in [2.05, 4.69) is 6.58 Å². The van der Waals surface area contributed by atoms with Gasteiger partial charge in [-0.2, -0.15) is 0 Å². The molecule has 1 saturated carbocycles. The Hall–Kier alpha value is -2.10. The summed E-state index contributed by atoms with van der Waals surface area (Å²) in [6.07, 6.45) is 1.88. The molecular weight excluding hydrogens is 254 g/mol. The molecular formula is C16H17NO3. The van der Waals surface area contributed by atoms with Crippen LogP contribution in [0.2, 0.25) is 0 Å². The van der Waals surface area contributed by atoms with Crippen molar-refractivity contribution in [2.45, 2.75) is 31.8 Å². The van der Waals surface area contributed by atoms with Crippen molar-refractivity contribution in [1.29, 1.82) is 0 Å². The van der Waals surface area contributed by atoms with Gasteiger partial charge in [-0.1, -0.05) is 18.2 Å². The predicted octanol–water partition coefficient (Wildman–Crippen LogP) is 2.33. The fourth-order valence-corrected chi connectivity index (χ4v) is 3.05. The number of ketones is 1. The molecule has 0 saturated heterocycles. The Morgan fingerprint density at radius 1 is 1.35 bits per heavy atom. The van der Waals surface area contributed by atoms with Crippen molar-refractivity contribution >= 4 is 11.7 Å². The van der Waals surface area contributed by atoms with Gasteiger partial charge in [-0.15, -0.1) is 0 Å². The second kappa shape index (κ2) is 4.78. The number of allylic oxidation sites excluding steroid dienone is 1. The van der Waals surface area contributed by atoms with Gasteiger partial charge in [0.1, 0.15) is 5.75 Å². The quantitative estimate of drug-likeness (QED) is 0.776. The summed E-state index contributed by atoms with van der Waals surface area (Å²) in [7, 11) is 1.60. The van der Waals surface area contributed by atoms with Crippen molar-refractivity contribution in [3.8, 4) is 5.75 Å². The van der Waals surface area contributed by atoms with Crippen molar-refractivity contribution in [1.82, 2.24) is 4.90 Å². The number of ether oxygens (including phenoxy) is 1. The van der Waals surface area contributed by atoms with E-state index in [-0.39, 0.29) is 17.7 Å². The number of nitrogens with zero attached hydrogens (tertiary/aromatic N) is 1. The Labute approximate surface area is 118 Å². The number of Topliss-reactive ketones (excluding diaryl/α,β-unsaturated/α-hetero) is 1. The van der Waals surface area contributed by atoms with Crippen LogP contribution in [0.3, 0.4) is 0 Å². The zero-order chi connectivity index (χ0) is 14.3. The highest BCUT2D eigenvalue weighted by Gasteiger charge is 2.38. The van der Waals surface area contributed by atoms with E-state index in [0.717, 1.165) is 17.6 Å². The van der Waals surface area contributed by atoms with Gasteiger partial charge in [0.25, 0.3) is 5.91 Å². The molecule has 1 aliphatic heterocycles. The lowest BCUT2D eigenvalue weighted by Gasteiger charge is -2.30. The molecule has 3 rings (SSSR count). The Kier molecular flexibility index (Phi) is 3.08. The molecule has 2 aliphatic rings. The van der Waals surface area contributed by atoms with E-state index < -0.39 is 0 Å². The maximum atomic E-state index is 12.5. The van der Waals surface area contributed by atoms with E-state index in [0.29, 0.717) is 30.7 Å². The van der Waals surface area contributed by atoms with Crippen LogP contribution in [0.4, 0.5) is 0 Å². The molecule has 0 bridgehead atoms. The molecule has 0 radical (unpaired) electrons. The zero-order valence-electron chi connectivity index (χ0n) is 11.5. The van der Waals surface area contributed by atoms with E-state index in [1.165, 1.54) is 0 Å². The van der Waals surface area contributed by atoms with Crippen molar-refractivity contribution in [2.24, 2.45) is 0 Å². The van der Waals surface area contributed by atoms with Crippen molar-refractivity contribution in [3.05, 3.63) is 41.5 Å². The number of carbonyl (C=O) groups excluding carboxylic acids is 2. The standard InChI is InChI=1S/C16H17NO3/c1-10-6-7-13(14(18)8-10)17-9-12-11(16(17)19)4-3-5-15(12)20-2/h3-5,13H,1,6-9H2,2H3. The lowest BCUT2D eigenvalue weighted by molar-refractivity contribution is -0.124. The average molecular weight is 271 g/mol. The van der Waals surface area contributed by atoms with Crippen LogP contribution in [-0.4, -0.2) is 29.7 Å². The molecule has 1 fully saturated rings. The van der Waals surface area contributed by atoms with Crippen molar-refractivity contribution in [2.75, 3.05) is 7.11 Å². The van der Waals surface area contributed by atoms with Crippen LogP contribution < -0.4 is 4.74 Å². The second-order valence-electron chi connectivity index (χ2n) is 5.37. The molecule has 1 aromatic carbocycles. The fraction of sp³-hybridized carbons (Fsp3) is 0.375. The highest BCUT2D eigenvalue weighted by atomic mass is 16.5. The van der Waals surface area contributed by atoms with Gasteiger partial charge < -0.3 is 9.64 Å². The Bertz CT molecular complexity index is 606. The molecule has 104 valence electrons. The minimum absolute atomic E-state index is 0.0650. The summed E-state index contributed by atoms with van der Waals surface area (Å²) in [5, 5.41) is 0. The average Bonchev–Trinajstić information content (AvgIpc) is 2.76. The van der Waals surface area contributed by atoms with Crippen LogP contribution in [0.25, 0.3) is 0 Å². The van der Waals surface area contributed by atoms with E-state index in [1.807, 2.05) is 12.1 Å². The first-order chi connectivity index (χ1) is 9.61. The van der Waals surface area contributed by atoms with Gasteiger partial charge in [-0.25, -0.2) is 0 Å². The Morgan fingerprint density at radius 3 is 2.85 bits per heavy atom. The zero-order valence-corrected chi connectivity index (χ0v) is 11.5. The number of fused-ring (bicyclic) bond motifs is 1. The lowest BCUT2D eigenvalue weighted by Crippen LogP contribution is -2.43. The SMILES string of the molecule is C=C1CCC(N2Cc3c(OC)cccc3C2=O)C(=O)C1. The van der Waals surface area contributed by atoms with Crippen LogP contribution in [0.15, 0.2) is 30.4 Å². The second-order valence-corrected chi connectivity index (χ2v) is 5.37. The third-order valence-corrected chi connectivity index (χ3v) is 4.12. The number of rotatable bonds is 2. The van der Waals surface area contributed by atoms with Crippen molar-refractivity contribution < 1.29 is 14.3 Å². The van der Waals surface area contributed by atoms with E-state index >= 15 is 0 Å². The number of hydrogen-bond acceptors (Lipinski definition) is 3. The topological polar surface area (TPSA) is 46.6 Å². The first-order valence-electron chi connectivity index (χ1n) is 6.78. The predicted molar refractivity (Wildman–Crippen MR) is 74.7 cm³/mol. The fourth-order valence-electron chi connectivity index (χ4n) is 3.05. The summed E-state index contributed by atoms with van der Waals surface area (Å²) in [6, 6.07) is 5.14. The van der Waals surface area contributed by atoms with Gasteiger partial charge in [0.15, 0.2) is 5.78 Å². The van der Waals surface area contributed by atoms with Crippen LogP contribution in [-0.2, 0) is 11.3 Å². The van der Waals surface area contributed by atoms with Gasteiger partial charge in [0.2, 0.25) is 0 Å². The van der Waals surface area contributed by atoms with Crippen molar-refractivity contribution in [3.63, 3.8) is 0 Å². The highest BCUT2D eigenvalue weighted by Crippen LogP contribution is 2.34. The summed E-state index contributed by atoms with van der Waals surface area (Å²) in [5.41, 5.74) is 2.51. The number of amides is 1. The van der Waals surface area contributed by atoms with Gasteiger partial charge in [-0.3, -0.25) is 9.59 Å². The summed E-state index contributed by atoms with van der Waals surface area (Å²) < 4.78 is 5.31. The minimum Gasteiger partial charge on any atom is -0.496 e. The maximum absolute atomic E-state index is 12.5. The summed E-state index contributed by atoms with van der Waals surface area (Å²) in [6.45, 7) is 4.33. The van der Waals surface area contributed by atoms with Gasteiger partial charge in [0.05, 0.1) is 19.7 Å². The summed E-state index contributed by atoms with van der Waals surface area (Å²) in [4.78, 5) is 26.3. The minimum atomic E-state index is -0.315. The molecule has 1 aromatic rings. The molecule has 1 atom stereocenters. The van der Waals surface area contributed by atoms with Gasteiger partial charge in [-0.05, 0) is 25.0 Å². The molecule has 1 aliphatic carbocycles. The summed E-state index contributed by atoms with van der Waals surface area (Å²) >= 11 is 0. The third kappa shape index (κ3) is 1.92. The molecule has 0 spiro atoms. The molecule has 0 N–H and O–H groups in total. The van der Waals surface area contributed by atoms with Gasteiger partial charge >= 0.3 is 0 Å². The maximum Gasteiger partial charge on any atom is 0.255 e.